The number of hydrogen-bond donors (Lipinski definition) is 0. The Morgan fingerprint density at radius 2 is 1.30 bits per heavy atom. The van der Waals surface area contributed by atoms with Crippen molar-refractivity contribution in [1.82, 2.24) is 0 Å². The van der Waals surface area contributed by atoms with Crippen LogP contribution in [0.3, 0.4) is 0 Å². The van der Waals surface area contributed by atoms with Gasteiger partial charge in [0.15, 0.2) is 0 Å². The summed E-state index contributed by atoms with van der Waals surface area (Å²) in [6.07, 6.45) is 1.10. The van der Waals surface area contributed by atoms with E-state index in [4.69, 9.17) is 0 Å². The van der Waals surface area contributed by atoms with Gasteiger partial charge in [0.2, 0.25) is 0 Å². The van der Waals surface area contributed by atoms with Crippen molar-refractivity contribution in [1.29, 1.82) is 0 Å². The molecule has 0 atom stereocenters. The summed E-state index contributed by atoms with van der Waals surface area (Å²) in [5.74, 6) is -1.88. The van der Waals surface area contributed by atoms with Crippen LogP contribution in [0.2, 0.25) is 0 Å². The van der Waals surface area contributed by atoms with Gasteiger partial charge in [-0.15, -0.1) is 0 Å². The SMILES string of the molecule is Br[PH](Cc1cccs1)(c1ccccc1)c1ccccc1. The van der Waals surface area contributed by atoms with Crippen molar-refractivity contribution in [2.45, 2.75) is 6.16 Å². The minimum atomic E-state index is -1.88. The van der Waals surface area contributed by atoms with Crippen LogP contribution in [-0.4, -0.2) is 0 Å². The predicted octanol–water partition coefficient (Wildman–Crippen LogP) is 4.96. The molecule has 2 aromatic carbocycles. The van der Waals surface area contributed by atoms with Crippen molar-refractivity contribution < 1.29 is 0 Å². The maximum absolute atomic E-state index is 4.17. The van der Waals surface area contributed by atoms with Crippen LogP contribution in [0.25, 0.3) is 0 Å². The van der Waals surface area contributed by atoms with Gasteiger partial charge in [0.05, 0.1) is 0 Å². The second-order valence-corrected chi connectivity index (χ2v) is 13.0. The Morgan fingerprint density at radius 1 is 0.750 bits per heavy atom. The molecular weight excluding hydrogens is 347 g/mol. The third-order valence-corrected chi connectivity index (χ3v) is 11.5. The zero-order chi connectivity index (χ0) is 13.8. The number of hydrogen-bond acceptors (Lipinski definition) is 1. The molecule has 0 saturated heterocycles. The zero-order valence-corrected chi connectivity index (χ0v) is 14.4. The molecule has 0 unspecified atom stereocenters. The molecule has 0 amide bonds. The molecule has 0 bridgehead atoms. The standard InChI is InChI=1S/C17H16BrPS/c18-19(14-17-12-7-13-20-17,15-8-3-1-4-9-15)16-10-5-2-6-11-16/h1-13,19H,14H2. The van der Waals surface area contributed by atoms with Gasteiger partial charge in [0, 0.05) is 0 Å². The van der Waals surface area contributed by atoms with E-state index in [2.05, 4.69) is 93.7 Å². The van der Waals surface area contributed by atoms with Crippen molar-refractivity contribution in [3.63, 3.8) is 0 Å². The Kier molecular flexibility index (Phi) is 4.35. The molecule has 0 nitrogen and oxygen atoms in total. The Morgan fingerprint density at radius 3 is 1.75 bits per heavy atom. The Bertz CT molecular complexity index is 610. The fraction of sp³-hybridized carbons (Fsp3) is 0.0588. The van der Waals surface area contributed by atoms with Gasteiger partial charge in [-0.1, -0.05) is 0 Å². The molecule has 0 aliphatic carbocycles. The summed E-state index contributed by atoms with van der Waals surface area (Å²) in [6, 6.07) is 26.1. The van der Waals surface area contributed by atoms with Gasteiger partial charge in [-0.3, -0.25) is 0 Å². The van der Waals surface area contributed by atoms with Crippen LogP contribution >= 0.6 is 32.8 Å². The van der Waals surface area contributed by atoms with Gasteiger partial charge in [0.25, 0.3) is 0 Å². The van der Waals surface area contributed by atoms with Crippen LogP contribution in [-0.2, 0) is 6.16 Å². The third-order valence-electron chi connectivity index (χ3n) is 3.46. The second kappa shape index (κ2) is 6.22. The van der Waals surface area contributed by atoms with Crippen molar-refractivity contribution in [3.8, 4) is 0 Å². The molecule has 3 rings (SSSR count). The molecule has 0 radical (unpaired) electrons. The van der Waals surface area contributed by atoms with Crippen LogP contribution in [0.1, 0.15) is 4.88 Å². The fourth-order valence-corrected chi connectivity index (χ4v) is 9.73. The summed E-state index contributed by atoms with van der Waals surface area (Å²) in [6.45, 7) is 0. The minimum absolute atomic E-state index is 1.10. The molecule has 0 aliphatic rings. The van der Waals surface area contributed by atoms with Crippen molar-refractivity contribution in [2.24, 2.45) is 0 Å². The van der Waals surface area contributed by atoms with Gasteiger partial charge in [-0.25, -0.2) is 0 Å². The molecule has 102 valence electrons. The van der Waals surface area contributed by atoms with Crippen molar-refractivity contribution in [3.05, 3.63) is 83.1 Å². The van der Waals surface area contributed by atoms with E-state index in [1.807, 2.05) is 11.3 Å². The molecule has 1 aromatic heterocycles. The molecule has 3 heteroatoms. The van der Waals surface area contributed by atoms with Crippen molar-refractivity contribution >= 4 is 43.4 Å². The monoisotopic (exact) mass is 362 g/mol. The fourth-order valence-electron chi connectivity index (χ4n) is 2.43. The van der Waals surface area contributed by atoms with Crippen LogP contribution in [0, 0.1) is 0 Å². The van der Waals surface area contributed by atoms with Gasteiger partial charge < -0.3 is 0 Å². The zero-order valence-electron chi connectivity index (χ0n) is 11.0. The van der Waals surface area contributed by atoms with E-state index in [0.717, 1.165) is 6.16 Å². The average molecular weight is 363 g/mol. The molecule has 3 aromatic rings. The molecule has 0 spiro atoms. The van der Waals surface area contributed by atoms with Gasteiger partial charge >= 0.3 is 133 Å². The Labute approximate surface area is 132 Å². The topological polar surface area (TPSA) is 0 Å². The van der Waals surface area contributed by atoms with E-state index in [9.17, 15) is 0 Å². The second-order valence-electron chi connectivity index (χ2n) is 4.79. The van der Waals surface area contributed by atoms with E-state index in [-0.39, 0.29) is 0 Å². The van der Waals surface area contributed by atoms with E-state index >= 15 is 0 Å². The average Bonchev–Trinajstić information content (AvgIpc) is 3.02. The predicted molar refractivity (Wildman–Crippen MR) is 97.4 cm³/mol. The van der Waals surface area contributed by atoms with Gasteiger partial charge in [0.1, 0.15) is 0 Å². The molecule has 0 N–H and O–H groups in total. The van der Waals surface area contributed by atoms with Crippen LogP contribution in [0.5, 0.6) is 0 Å². The molecule has 0 saturated carbocycles. The third kappa shape index (κ3) is 2.88. The molecule has 1 heterocycles. The first-order valence-corrected chi connectivity index (χ1v) is 12.0. The van der Waals surface area contributed by atoms with Gasteiger partial charge in [-0.2, -0.15) is 0 Å². The van der Waals surface area contributed by atoms with E-state index in [0.29, 0.717) is 0 Å². The molecular formula is C17H16BrPS. The summed E-state index contributed by atoms with van der Waals surface area (Å²) >= 11 is 6.01. The van der Waals surface area contributed by atoms with Crippen LogP contribution < -0.4 is 10.6 Å². The van der Waals surface area contributed by atoms with Gasteiger partial charge in [-0.05, 0) is 0 Å². The normalized spacial score (nSPS) is 12.2. The number of thiophene rings is 1. The number of rotatable bonds is 4. The van der Waals surface area contributed by atoms with Crippen LogP contribution in [0.15, 0.2) is 78.2 Å². The first kappa shape index (κ1) is 14.0. The van der Waals surface area contributed by atoms with E-state index < -0.39 is 5.96 Å². The summed E-state index contributed by atoms with van der Waals surface area (Å²) in [5.41, 5.74) is 0. The Hall–Kier alpha value is -0.950. The summed E-state index contributed by atoms with van der Waals surface area (Å²) in [4.78, 5) is 1.45. The van der Waals surface area contributed by atoms with Crippen LogP contribution in [0.4, 0.5) is 0 Å². The van der Waals surface area contributed by atoms with E-state index in [1.165, 1.54) is 15.5 Å². The van der Waals surface area contributed by atoms with E-state index in [1.54, 1.807) is 0 Å². The molecule has 20 heavy (non-hydrogen) atoms. The quantitative estimate of drug-likeness (QED) is 0.575. The number of benzene rings is 2. The maximum atomic E-state index is 4.17. The number of halogens is 1. The summed E-state index contributed by atoms with van der Waals surface area (Å²) in [7, 11) is 0. The molecule has 0 fully saturated rings. The first-order chi connectivity index (χ1) is 9.79. The summed E-state index contributed by atoms with van der Waals surface area (Å²) in [5, 5.41) is 5.02. The Balaban J connectivity index is 2.08. The molecule has 0 aliphatic heterocycles. The van der Waals surface area contributed by atoms with Crippen molar-refractivity contribution in [2.75, 3.05) is 0 Å². The first-order valence-electron chi connectivity index (χ1n) is 6.61. The summed E-state index contributed by atoms with van der Waals surface area (Å²) < 4.78 is 0.